The summed E-state index contributed by atoms with van der Waals surface area (Å²) >= 11 is 6.23. The van der Waals surface area contributed by atoms with Crippen molar-refractivity contribution in [3.8, 4) is 0 Å². The van der Waals surface area contributed by atoms with Gasteiger partial charge in [0.05, 0.1) is 6.04 Å². The van der Waals surface area contributed by atoms with Crippen molar-refractivity contribution in [2.24, 2.45) is 0 Å². The van der Waals surface area contributed by atoms with Crippen molar-refractivity contribution in [2.45, 2.75) is 76.2 Å². The molecule has 2 amide bonds. The molecule has 0 aromatic heterocycles. The normalized spacial score (nSPS) is 19.6. The number of benzene rings is 1. The highest BCUT2D eigenvalue weighted by Gasteiger charge is 2.76. The van der Waals surface area contributed by atoms with Crippen LogP contribution < -0.4 is 0 Å². The Morgan fingerprint density at radius 3 is 2.20 bits per heavy atom. The minimum absolute atomic E-state index is 0.0837. The molecule has 2 aliphatic heterocycles. The Bertz CT molecular complexity index is 991. The van der Waals surface area contributed by atoms with Crippen LogP contribution in [0.15, 0.2) is 12.1 Å². The molecular weight excluding hydrogens is 506 g/mol. The molecular formula is C22H25ClF6N2O4. The lowest BCUT2D eigenvalue weighted by atomic mass is 9.89. The smallest absolute Gasteiger partial charge is 0.435 e. The van der Waals surface area contributed by atoms with Gasteiger partial charge in [-0.2, -0.15) is 26.3 Å². The average molecular weight is 531 g/mol. The second-order valence-electron chi connectivity index (χ2n) is 9.65. The van der Waals surface area contributed by atoms with Crippen LogP contribution in [0.25, 0.3) is 0 Å². The van der Waals surface area contributed by atoms with Gasteiger partial charge in [0.1, 0.15) is 5.60 Å². The van der Waals surface area contributed by atoms with Gasteiger partial charge >= 0.3 is 24.0 Å². The lowest BCUT2D eigenvalue weighted by Crippen LogP contribution is -2.66. The van der Waals surface area contributed by atoms with E-state index in [0.29, 0.717) is 41.0 Å². The summed E-state index contributed by atoms with van der Waals surface area (Å²) in [5.74, 6) is -2.50. The fraction of sp³-hybridized carbons (Fsp3) is 0.636. The van der Waals surface area contributed by atoms with Crippen molar-refractivity contribution in [2.75, 3.05) is 13.1 Å². The van der Waals surface area contributed by atoms with E-state index in [1.807, 2.05) is 0 Å². The maximum Gasteiger partial charge on any atom is 0.435 e. The maximum absolute atomic E-state index is 13.3. The number of hydrogen-bond acceptors (Lipinski definition) is 4. The number of fused-ring (bicyclic) bond motifs is 1. The van der Waals surface area contributed by atoms with E-state index in [1.54, 1.807) is 20.8 Å². The Morgan fingerprint density at radius 2 is 1.66 bits per heavy atom. The van der Waals surface area contributed by atoms with E-state index in [1.165, 1.54) is 17.0 Å². The van der Waals surface area contributed by atoms with Crippen LogP contribution in [-0.2, 0) is 22.5 Å². The molecule has 0 spiro atoms. The first-order valence-corrected chi connectivity index (χ1v) is 11.2. The van der Waals surface area contributed by atoms with Crippen molar-refractivity contribution in [1.29, 1.82) is 0 Å². The van der Waals surface area contributed by atoms with Crippen molar-refractivity contribution in [3.63, 3.8) is 0 Å². The zero-order chi connectivity index (χ0) is 26.6. The van der Waals surface area contributed by atoms with Crippen molar-refractivity contribution in [3.05, 3.63) is 33.8 Å². The zero-order valence-corrected chi connectivity index (χ0v) is 19.9. The van der Waals surface area contributed by atoms with Gasteiger partial charge in [0.15, 0.2) is 0 Å². The number of rotatable bonds is 2. The van der Waals surface area contributed by atoms with Crippen LogP contribution in [-0.4, -0.2) is 63.6 Å². The third-order valence-corrected chi connectivity index (χ3v) is 6.22. The van der Waals surface area contributed by atoms with Gasteiger partial charge in [-0.1, -0.05) is 11.6 Å². The summed E-state index contributed by atoms with van der Waals surface area (Å²) in [6, 6.07) is 2.41. The lowest BCUT2D eigenvalue weighted by molar-refractivity contribution is -0.353. The van der Waals surface area contributed by atoms with Gasteiger partial charge in [-0.05, 0) is 68.9 Å². The molecule has 1 fully saturated rings. The van der Waals surface area contributed by atoms with E-state index in [9.17, 15) is 41.0 Å². The summed E-state index contributed by atoms with van der Waals surface area (Å²) in [6.45, 7) is 4.27. The molecule has 2 aliphatic rings. The Balaban J connectivity index is 1.99. The largest absolute Gasteiger partial charge is 0.444 e. The van der Waals surface area contributed by atoms with Gasteiger partial charge < -0.3 is 19.6 Å². The molecule has 1 aromatic rings. The lowest BCUT2D eigenvalue weighted by Gasteiger charge is -2.39. The van der Waals surface area contributed by atoms with Gasteiger partial charge in [-0.15, -0.1) is 0 Å². The van der Waals surface area contributed by atoms with Crippen LogP contribution in [0.1, 0.15) is 56.3 Å². The Morgan fingerprint density at radius 1 is 1.06 bits per heavy atom. The molecule has 0 bridgehead atoms. The molecule has 196 valence electrons. The van der Waals surface area contributed by atoms with Crippen molar-refractivity contribution < 1.29 is 45.8 Å². The number of ether oxygens (including phenoxy) is 1. The highest BCUT2D eigenvalue weighted by atomic mass is 35.5. The number of nitrogens with zero attached hydrogens (tertiary/aromatic N) is 2. The SMILES string of the molecule is CC(C)(C)OC(=O)N1CCCC1c1cc(Cl)cc2c1CN(C(=O)C(O)(C(F)(F)F)C(F)(F)F)CC2. The van der Waals surface area contributed by atoms with Crippen LogP contribution >= 0.6 is 11.6 Å². The standard InChI is InChI=1S/C22H25ClF6N2O4/c1-19(2,3)35-18(33)31-7-4-5-16(31)14-10-13(23)9-12-6-8-30(11-15(12)14)17(32)20(34,21(24,25)26)22(27,28)29/h9-10,16,34H,4-8,11H2,1-3H3. The predicted molar refractivity (Wildman–Crippen MR) is 113 cm³/mol. The Hall–Kier alpha value is -2.21. The molecule has 1 N–H and O–H groups in total. The van der Waals surface area contributed by atoms with Gasteiger partial charge in [0.25, 0.3) is 5.91 Å². The number of likely N-dealkylation sites (tertiary alicyclic amines) is 1. The van der Waals surface area contributed by atoms with E-state index in [4.69, 9.17) is 16.3 Å². The average Bonchev–Trinajstić information content (AvgIpc) is 3.18. The fourth-order valence-corrected chi connectivity index (χ4v) is 4.64. The fourth-order valence-electron chi connectivity index (χ4n) is 4.39. The predicted octanol–water partition coefficient (Wildman–Crippen LogP) is 5.15. The van der Waals surface area contributed by atoms with Crippen LogP contribution in [0.5, 0.6) is 0 Å². The van der Waals surface area contributed by atoms with Gasteiger partial charge in [-0.3, -0.25) is 4.79 Å². The third-order valence-electron chi connectivity index (χ3n) is 6.00. The number of aliphatic hydroxyl groups is 1. The second kappa shape index (κ2) is 9.02. The number of alkyl halides is 6. The monoisotopic (exact) mass is 530 g/mol. The molecule has 0 saturated carbocycles. The molecule has 0 aliphatic carbocycles. The number of carbonyl (C=O) groups excluding carboxylic acids is 2. The number of amides is 2. The molecule has 1 atom stereocenters. The molecule has 3 rings (SSSR count). The number of halogens is 7. The Kier molecular flexibility index (Phi) is 7.06. The summed E-state index contributed by atoms with van der Waals surface area (Å²) in [6.07, 6.45) is -12.2. The first-order valence-electron chi connectivity index (χ1n) is 10.8. The topological polar surface area (TPSA) is 70.1 Å². The van der Waals surface area contributed by atoms with Gasteiger partial charge in [0, 0.05) is 24.7 Å². The van der Waals surface area contributed by atoms with Crippen LogP contribution in [0, 0.1) is 0 Å². The Labute approximate surface area is 202 Å². The van der Waals surface area contributed by atoms with E-state index in [0.717, 1.165) is 0 Å². The summed E-state index contributed by atoms with van der Waals surface area (Å²) in [5.41, 5.74) is -5.09. The number of carbonyl (C=O) groups is 2. The van der Waals surface area contributed by atoms with Crippen molar-refractivity contribution >= 4 is 23.6 Å². The van der Waals surface area contributed by atoms with E-state index in [2.05, 4.69) is 0 Å². The molecule has 1 aromatic carbocycles. The van der Waals surface area contributed by atoms with Crippen LogP contribution in [0.3, 0.4) is 0 Å². The molecule has 6 nitrogen and oxygen atoms in total. The summed E-state index contributed by atoms with van der Waals surface area (Å²) in [4.78, 5) is 27.0. The summed E-state index contributed by atoms with van der Waals surface area (Å²) in [5, 5.41) is 9.84. The number of hydrogen-bond donors (Lipinski definition) is 1. The zero-order valence-electron chi connectivity index (χ0n) is 19.2. The third kappa shape index (κ3) is 5.18. The molecule has 35 heavy (non-hydrogen) atoms. The van der Waals surface area contributed by atoms with E-state index in [-0.39, 0.29) is 11.4 Å². The van der Waals surface area contributed by atoms with Crippen LogP contribution in [0.2, 0.25) is 5.02 Å². The van der Waals surface area contributed by atoms with Crippen molar-refractivity contribution in [1.82, 2.24) is 9.80 Å². The highest BCUT2D eigenvalue weighted by Crippen LogP contribution is 2.45. The molecule has 1 unspecified atom stereocenters. The first kappa shape index (κ1) is 27.4. The minimum Gasteiger partial charge on any atom is -0.444 e. The quantitative estimate of drug-likeness (QED) is 0.537. The molecule has 0 radical (unpaired) electrons. The van der Waals surface area contributed by atoms with Gasteiger partial charge in [-0.25, -0.2) is 4.79 Å². The molecule has 13 heteroatoms. The molecule has 2 heterocycles. The summed E-state index contributed by atoms with van der Waals surface area (Å²) < 4.78 is 85.0. The summed E-state index contributed by atoms with van der Waals surface area (Å²) in [7, 11) is 0. The highest BCUT2D eigenvalue weighted by molar-refractivity contribution is 6.30. The van der Waals surface area contributed by atoms with Crippen LogP contribution in [0.4, 0.5) is 31.1 Å². The first-order chi connectivity index (χ1) is 15.9. The second-order valence-corrected chi connectivity index (χ2v) is 10.1. The maximum atomic E-state index is 13.3. The van der Waals surface area contributed by atoms with E-state index < -0.39 is 54.7 Å². The minimum atomic E-state index is -6.27. The molecule has 1 saturated heterocycles. The van der Waals surface area contributed by atoms with E-state index >= 15 is 0 Å². The van der Waals surface area contributed by atoms with Gasteiger partial charge in [0.2, 0.25) is 0 Å².